The van der Waals surface area contributed by atoms with Gasteiger partial charge in [-0.25, -0.2) is 0 Å². The second kappa shape index (κ2) is 2.91. The highest BCUT2D eigenvalue weighted by Crippen LogP contribution is 2.28. The van der Waals surface area contributed by atoms with Crippen molar-refractivity contribution < 1.29 is 15.0 Å². The van der Waals surface area contributed by atoms with Crippen LogP contribution in [0, 0.1) is 0 Å². The van der Waals surface area contributed by atoms with E-state index in [4.69, 9.17) is 0 Å². The molecule has 1 rings (SSSR count). The van der Waals surface area contributed by atoms with Gasteiger partial charge in [0.1, 0.15) is 5.60 Å². The number of hydrogen-bond acceptors (Lipinski definition) is 3. The molecule has 0 aromatic carbocycles. The lowest BCUT2D eigenvalue weighted by atomic mass is 9.80. The minimum Gasteiger partial charge on any atom is -0.390 e. The van der Waals surface area contributed by atoms with Crippen LogP contribution >= 0.6 is 0 Å². The lowest BCUT2D eigenvalue weighted by Crippen LogP contribution is -2.50. The van der Waals surface area contributed by atoms with Crippen molar-refractivity contribution in [2.45, 2.75) is 44.3 Å². The van der Waals surface area contributed by atoms with Gasteiger partial charge in [0.25, 0.3) is 0 Å². The van der Waals surface area contributed by atoms with Gasteiger partial charge in [-0.1, -0.05) is 6.42 Å². The Balaban J connectivity index is 2.72. The van der Waals surface area contributed by atoms with Gasteiger partial charge in [-0.2, -0.15) is 0 Å². The maximum absolute atomic E-state index is 10.9. The van der Waals surface area contributed by atoms with Crippen LogP contribution in [0.25, 0.3) is 0 Å². The highest BCUT2D eigenvalue weighted by atomic mass is 16.3. The third-order valence-electron chi connectivity index (χ3n) is 2.45. The van der Waals surface area contributed by atoms with E-state index in [9.17, 15) is 15.0 Å². The van der Waals surface area contributed by atoms with E-state index in [1.807, 2.05) is 0 Å². The van der Waals surface area contributed by atoms with E-state index in [0.717, 1.165) is 12.8 Å². The van der Waals surface area contributed by atoms with Gasteiger partial charge < -0.3 is 10.2 Å². The van der Waals surface area contributed by atoms with Gasteiger partial charge in [0.2, 0.25) is 0 Å². The second-order valence-electron chi connectivity index (χ2n) is 3.24. The maximum atomic E-state index is 10.9. The monoisotopic (exact) mass is 158 g/mol. The summed E-state index contributed by atoms with van der Waals surface area (Å²) in [4.78, 5) is 10.9. The minimum atomic E-state index is -1.45. The predicted molar refractivity (Wildman–Crippen MR) is 40.1 cm³/mol. The topological polar surface area (TPSA) is 57.5 Å². The lowest BCUT2D eigenvalue weighted by Gasteiger charge is -2.34. The molecule has 2 atom stereocenters. The molecule has 3 heteroatoms. The van der Waals surface area contributed by atoms with E-state index in [1.54, 1.807) is 0 Å². The number of carbonyl (C=O) groups is 1. The smallest absolute Gasteiger partial charge is 0.163 e. The van der Waals surface area contributed by atoms with Crippen LogP contribution in [0.3, 0.4) is 0 Å². The van der Waals surface area contributed by atoms with Gasteiger partial charge in [0.15, 0.2) is 5.78 Å². The third-order valence-corrected chi connectivity index (χ3v) is 2.45. The standard InChI is InChI=1S/C8H14O3/c1-6(9)8(11)5-3-2-4-7(8)10/h7,10-11H,2-5H2,1H3. The Morgan fingerprint density at radius 2 is 2.18 bits per heavy atom. The summed E-state index contributed by atoms with van der Waals surface area (Å²) in [6, 6.07) is 0. The van der Waals surface area contributed by atoms with Crippen LogP contribution in [0.2, 0.25) is 0 Å². The van der Waals surface area contributed by atoms with Crippen LogP contribution in [0.15, 0.2) is 0 Å². The molecule has 0 heterocycles. The molecule has 1 aliphatic rings. The summed E-state index contributed by atoms with van der Waals surface area (Å²) in [6.45, 7) is 1.33. The van der Waals surface area contributed by atoms with Gasteiger partial charge in [0.05, 0.1) is 6.10 Å². The fraction of sp³-hybridized carbons (Fsp3) is 0.875. The molecule has 2 N–H and O–H groups in total. The van der Waals surface area contributed by atoms with Crippen LogP contribution in [-0.2, 0) is 4.79 Å². The molecule has 0 aliphatic heterocycles. The number of aliphatic hydroxyl groups excluding tert-OH is 1. The quantitative estimate of drug-likeness (QED) is 0.574. The van der Waals surface area contributed by atoms with Crippen molar-refractivity contribution in [3.05, 3.63) is 0 Å². The molecule has 0 aromatic heterocycles. The first-order chi connectivity index (χ1) is 5.07. The molecule has 0 aromatic rings. The van der Waals surface area contributed by atoms with Crippen molar-refractivity contribution in [1.82, 2.24) is 0 Å². The first kappa shape index (κ1) is 8.68. The second-order valence-corrected chi connectivity index (χ2v) is 3.24. The number of aliphatic hydroxyl groups is 2. The number of Topliss-reactive ketones (excluding diaryl/α,β-unsaturated/α-hetero) is 1. The van der Waals surface area contributed by atoms with E-state index in [-0.39, 0.29) is 5.78 Å². The highest BCUT2D eigenvalue weighted by Gasteiger charge is 2.41. The Hall–Kier alpha value is -0.410. The summed E-state index contributed by atoms with van der Waals surface area (Å²) in [7, 11) is 0. The Morgan fingerprint density at radius 1 is 1.55 bits per heavy atom. The van der Waals surface area contributed by atoms with E-state index >= 15 is 0 Å². The molecular weight excluding hydrogens is 144 g/mol. The predicted octanol–water partition coefficient (Wildman–Crippen LogP) is 0.241. The van der Waals surface area contributed by atoms with Crippen molar-refractivity contribution in [1.29, 1.82) is 0 Å². The molecule has 0 spiro atoms. The van der Waals surface area contributed by atoms with Gasteiger partial charge in [0, 0.05) is 0 Å². The Labute approximate surface area is 66.0 Å². The largest absolute Gasteiger partial charge is 0.390 e. The molecule has 11 heavy (non-hydrogen) atoms. The summed E-state index contributed by atoms with van der Waals surface area (Å²) < 4.78 is 0. The molecule has 64 valence electrons. The fourth-order valence-electron chi connectivity index (χ4n) is 1.55. The van der Waals surface area contributed by atoms with Gasteiger partial charge in [-0.15, -0.1) is 0 Å². The minimum absolute atomic E-state index is 0.315. The normalized spacial score (nSPS) is 38.6. The Morgan fingerprint density at radius 3 is 2.55 bits per heavy atom. The molecule has 0 radical (unpaired) electrons. The van der Waals surface area contributed by atoms with Crippen LogP contribution in [0.5, 0.6) is 0 Å². The maximum Gasteiger partial charge on any atom is 0.163 e. The average Bonchev–Trinajstić information content (AvgIpc) is 1.95. The summed E-state index contributed by atoms with van der Waals surface area (Å²) in [5.74, 6) is -0.315. The first-order valence-electron chi connectivity index (χ1n) is 3.99. The highest BCUT2D eigenvalue weighted by molar-refractivity contribution is 5.85. The number of carbonyl (C=O) groups excluding carboxylic acids is 1. The van der Waals surface area contributed by atoms with Crippen molar-refractivity contribution in [2.75, 3.05) is 0 Å². The molecular formula is C8H14O3. The molecule has 1 saturated carbocycles. The number of ketones is 1. The van der Waals surface area contributed by atoms with Crippen molar-refractivity contribution in [2.24, 2.45) is 0 Å². The summed E-state index contributed by atoms with van der Waals surface area (Å²) in [5.41, 5.74) is -1.45. The SMILES string of the molecule is CC(=O)C1(O)CCCCC1O. The Kier molecular flexibility index (Phi) is 2.30. The number of rotatable bonds is 1. The van der Waals surface area contributed by atoms with Crippen LogP contribution in [0.1, 0.15) is 32.6 Å². The molecule has 0 saturated heterocycles. The molecule has 1 fully saturated rings. The van der Waals surface area contributed by atoms with Crippen molar-refractivity contribution in [3.63, 3.8) is 0 Å². The molecule has 1 aliphatic carbocycles. The van der Waals surface area contributed by atoms with Crippen molar-refractivity contribution >= 4 is 5.78 Å². The summed E-state index contributed by atoms with van der Waals surface area (Å²) >= 11 is 0. The molecule has 2 unspecified atom stereocenters. The summed E-state index contributed by atoms with van der Waals surface area (Å²) in [5, 5.41) is 18.9. The first-order valence-corrected chi connectivity index (χ1v) is 3.99. The zero-order valence-corrected chi connectivity index (χ0v) is 6.71. The average molecular weight is 158 g/mol. The summed E-state index contributed by atoms with van der Waals surface area (Å²) in [6.07, 6.45) is 1.82. The zero-order valence-electron chi connectivity index (χ0n) is 6.71. The van der Waals surface area contributed by atoms with Crippen molar-refractivity contribution in [3.8, 4) is 0 Å². The third kappa shape index (κ3) is 1.44. The van der Waals surface area contributed by atoms with E-state index < -0.39 is 11.7 Å². The lowest BCUT2D eigenvalue weighted by molar-refractivity contribution is -0.154. The number of hydrogen-bond donors (Lipinski definition) is 2. The van der Waals surface area contributed by atoms with Crippen LogP contribution in [-0.4, -0.2) is 27.7 Å². The van der Waals surface area contributed by atoms with E-state index in [0.29, 0.717) is 12.8 Å². The van der Waals surface area contributed by atoms with Gasteiger partial charge in [-0.3, -0.25) is 4.79 Å². The van der Waals surface area contributed by atoms with Crippen LogP contribution in [0.4, 0.5) is 0 Å². The van der Waals surface area contributed by atoms with Gasteiger partial charge >= 0.3 is 0 Å². The van der Waals surface area contributed by atoms with E-state index in [1.165, 1.54) is 6.92 Å². The molecule has 0 bridgehead atoms. The molecule has 3 nitrogen and oxygen atoms in total. The van der Waals surface area contributed by atoms with Crippen LogP contribution < -0.4 is 0 Å². The Bertz CT molecular complexity index is 167. The van der Waals surface area contributed by atoms with E-state index in [2.05, 4.69) is 0 Å². The fourth-order valence-corrected chi connectivity index (χ4v) is 1.55. The zero-order chi connectivity index (χ0) is 8.48. The molecule has 0 amide bonds. The van der Waals surface area contributed by atoms with Gasteiger partial charge in [-0.05, 0) is 26.2 Å².